The maximum absolute atomic E-state index is 5.84. The zero-order valence-electron chi connectivity index (χ0n) is 10.6. The van der Waals surface area contributed by atoms with E-state index in [4.69, 9.17) is 20.8 Å². The van der Waals surface area contributed by atoms with Gasteiger partial charge in [-0.15, -0.1) is 21.8 Å². The number of hydrogen-bond donors (Lipinski definition) is 0. The van der Waals surface area contributed by atoms with Gasteiger partial charge in [0.25, 0.3) is 5.89 Å². The number of aromatic nitrogens is 2. The normalized spacial score (nSPS) is 12.4. The zero-order chi connectivity index (χ0) is 13.1. The monoisotopic (exact) mass is 266 g/mol. The minimum atomic E-state index is -0.285. The Morgan fingerprint density at radius 2 is 2.11 bits per heavy atom. The van der Waals surface area contributed by atoms with Crippen molar-refractivity contribution in [2.24, 2.45) is 0 Å². The first-order chi connectivity index (χ1) is 8.58. The van der Waals surface area contributed by atoms with Crippen molar-refractivity contribution in [2.75, 3.05) is 0 Å². The highest BCUT2D eigenvalue weighted by Crippen LogP contribution is 2.22. The van der Waals surface area contributed by atoms with Gasteiger partial charge in [-0.05, 0) is 38.0 Å². The van der Waals surface area contributed by atoms with Crippen LogP contribution in [0.1, 0.15) is 35.2 Å². The predicted molar refractivity (Wildman–Crippen MR) is 68.8 cm³/mol. The van der Waals surface area contributed by atoms with Crippen LogP contribution in [-0.4, -0.2) is 10.2 Å². The van der Waals surface area contributed by atoms with Crippen LogP contribution < -0.4 is 4.74 Å². The summed E-state index contributed by atoms with van der Waals surface area (Å²) in [6, 6.07) is 5.92. The third kappa shape index (κ3) is 2.82. The molecule has 1 aromatic heterocycles. The fourth-order valence-electron chi connectivity index (χ4n) is 1.51. The quantitative estimate of drug-likeness (QED) is 0.794. The fraction of sp³-hybridized carbons (Fsp3) is 0.385. The highest BCUT2D eigenvalue weighted by molar-refractivity contribution is 6.20. The molecule has 1 atom stereocenters. The molecule has 18 heavy (non-hydrogen) atoms. The molecule has 0 radical (unpaired) electrons. The van der Waals surface area contributed by atoms with E-state index in [1.165, 1.54) is 5.56 Å². The lowest BCUT2D eigenvalue weighted by Gasteiger charge is -2.08. The van der Waals surface area contributed by atoms with Crippen molar-refractivity contribution in [2.45, 2.75) is 32.8 Å². The molecule has 0 bridgehead atoms. The molecular weight excluding hydrogens is 252 g/mol. The average molecular weight is 267 g/mol. The van der Waals surface area contributed by atoms with Gasteiger partial charge in [-0.25, -0.2) is 0 Å². The molecular formula is C13H15ClN2O2. The molecule has 1 heterocycles. The van der Waals surface area contributed by atoms with Gasteiger partial charge in [-0.1, -0.05) is 12.1 Å². The van der Waals surface area contributed by atoms with Crippen LogP contribution in [0.25, 0.3) is 0 Å². The second kappa shape index (κ2) is 5.40. The summed E-state index contributed by atoms with van der Waals surface area (Å²) in [6.45, 7) is 6.10. The van der Waals surface area contributed by atoms with E-state index in [2.05, 4.69) is 10.2 Å². The molecule has 0 amide bonds. The van der Waals surface area contributed by atoms with Crippen LogP contribution in [0, 0.1) is 13.8 Å². The number of benzene rings is 1. The average Bonchev–Trinajstić information content (AvgIpc) is 2.80. The molecule has 2 rings (SSSR count). The predicted octanol–water partition coefficient (Wildman–Crippen LogP) is 3.57. The van der Waals surface area contributed by atoms with Crippen LogP contribution in [0.15, 0.2) is 22.6 Å². The van der Waals surface area contributed by atoms with E-state index in [1.54, 1.807) is 6.92 Å². The van der Waals surface area contributed by atoms with Crippen molar-refractivity contribution in [1.29, 1.82) is 0 Å². The summed E-state index contributed by atoms with van der Waals surface area (Å²) < 4.78 is 11.0. The van der Waals surface area contributed by atoms with Crippen molar-refractivity contribution < 1.29 is 9.15 Å². The van der Waals surface area contributed by atoms with Gasteiger partial charge in [0.15, 0.2) is 6.61 Å². The third-order valence-electron chi connectivity index (χ3n) is 2.73. The van der Waals surface area contributed by atoms with Gasteiger partial charge < -0.3 is 9.15 Å². The molecule has 2 aromatic rings. The summed E-state index contributed by atoms with van der Waals surface area (Å²) in [5, 5.41) is 7.43. The number of hydrogen-bond acceptors (Lipinski definition) is 4. The third-order valence-corrected chi connectivity index (χ3v) is 2.92. The Morgan fingerprint density at radius 3 is 2.78 bits per heavy atom. The van der Waals surface area contributed by atoms with E-state index in [0.29, 0.717) is 11.8 Å². The number of aryl methyl sites for hydroxylation is 1. The second-order valence-electron chi connectivity index (χ2n) is 4.14. The Morgan fingerprint density at radius 1 is 1.33 bits per heavy atom. The summed E-state index contributed by atoms with van der Waals surface area (Å²) >= 11 is 5.84. The topological polar surface area (TPSA) is 48.2 Å². The molecule has 0 aliphatic heterocycles. The summed E-state index contributed by atoms with van der Waals surface area (Å²) in [5.74, 6) is 1.67. The Kier molecular flexibility index (Phi) is 3.87. The number of rotatable bonds is 4. The van der Waals surface area contributed by atoms with Crippen LogP contribution in [0.3, 0.4) is 0 Å². The molecule has 0 saturated heterocycles. The molecule has 0 fully saturated rings. The maximum Gasteiger partial charge on any atom is 0.253 e. The lowest BCUT2D eigenvalue weighted by molar-refractivity contribution is 0.257. The number of alkyl halides is 1. The second-order valence-corrected chi connectivity index (χ2v) is 4.79. The van der Waals surface area contributed by atoms with Gasteiger partial charge in [-0.2, -0.15) is 0 Å². The van der Waals surface area contributed by atoms with E-state index in [1.807, 2.05) is 32.0 Å². The molecule has 0 N–H and O–H groups in total. The van der Waals surface area contributed by atoms with Gasteiger partial charge in [-0.3, -0.25) is 0 Å². The van der Waals surface area contributed by atoms with Crippen LogP contribution in [0.4, 0.5) is 0 Å². The van der Waals surface area contributed by atoms with E-state index in [-0.39, 0.29) is 12.0 Å². The lowest BCUT2D eigenvalue weighted by Crippen LogP contribution is -1.98. The molecule has 1 unspecified atom stereocenters. The van der Waals surface area contributed by atoms with E-state index in [9.17, 15) is 0 Å². The first-order valence-electron chi connectivity index (χ1n) is 5.73. The Labute approximate surface area is 111 Å². The number of halogens is 1. The van der Waals surface area contributed by atoms with Gasteiger partial charge in [0, 0.05) is 0 Å². The molecule has 4 nitrogen and oxygen atoms in total. The fourth-order valence-corrected chi connectivity index (χ4v) is 1.59. The van der Waals surface area contributed by atoms with Crippen molar-refractivity contribution in [3.63, 3.8) is 0 Å². The summed E-state index contributed by atoms with van der Waals surface area (Å²) in [7, 11) is 0. The molecule has 0 aliphatic carbocycles. The van der Waals surface area contributed by atoms with Gasteiger partial charge in [0.2, 0.25) is 5.89 Å². The van der Waals surface area contributed by atoms with Crippen LogP contribution in [0.5, 0.6) is 5.75 Å². The van der Waals surface area contributed by atoms with Crippen molar-refractivity contribution in [3.05, 3.63) is 41.1 Å². The standard InChI is InChI=1S/C13H15ClN2O2/c1-8-5-4-6-11(9(8)2)17-7-12-15-16-13(18-12)10(3)14/h4-6,10H,7H2,1-3H3. The van der Waals surface area contributed by atoms with E-state index in [0.717, 1.165) is 11.3 Å². The minimum Gasteiger partial charge on any atom is -0.484 e. The minimum absolute atomic E-state index is 0.251. The molecule has 0 aliphatic rings. The number of nitrogens with zero attached hydrogens (tertiary/aromatic N) is 2. The van der Waals surface area contributed by atoms with Gasteiger partial charge >= 0.3 is 0 Å². The van der Waals surface area contributed by atoms with Crippen molar-refractivity contribution >= 4 is 11.6 Å². The van der Waals surface area contributed by atoms with E-state index >= 15 is 0 Å². The molecule has 0 saturated carbocycles. The largest absolute Gasteiger partial charge is 0.484 e. The van der Waals surface area contributed by atoms with E-state index < -0.39 is 0 Å². The first kappa shape index (κ1) is 12.9. The van der Waals surface area contributed by atoms with Gasteiger partial charge in [0.1, 0.15) is 11.1 Å². The zero-order valence-corrected chi connectivity index (χ0v) is 11.4. The summed E-state index contributed by atoms with van der Waals surface area (Å²) in [4.78, 5) is 0. The Bertz CT molecular complexity index is 538. The molecule has 5 heteroatoms. The van der Waals surface area contributed by atoms with Crippen LogP contribution >= 0.6 is 11.6 Å². The summed E-state index contributed by atoms with van der Waals surface area (Å²) in [6.07, 6.45) is 0. The smallest absolute Gasteiger partial charge is 0.253 e. The van der Waals surface area contributed by atoms with Crippen LogP contribution in [0.2, 0.25) is 0 Å². The van der Waals surface area contributed by atoms with Crippen molar-refractivity contribution in [1.82, 2.24) is 10.2 Å². The highest BCUT2D eigenvalue weighted by atomic mass is 35.5. The molecule has 0 spiro atoms. The summed E-state index contributed by atoms with van der Waals surface area (Å²) in [5.41, 5.74) is 2.30. The van der Waals surface area contributed by atoms with Gasteiger partial charge in [0.05, 0.1) is 0 Å². The van der Waals surface area contributed by atoms with Crippen molar-refractivity contribution in [3.8, 4) is 5.75 Å². The molecule has 1 aromatic carbocycles. The SMILES string of the molecule is Cc1cccc(OCc2nnc(C(C)Cl)o2)c1C. The Hall–Kier alpha value is -1.55. The lowest BCUT2D eigenvalue weighted by atomic mass is 10.1. The van der Waals surface area contributed by atoms with Crippen LogP contribution in [-0.2, 0) is 6.61 Å². The maximum atomic E-state index is 5.84. The first-order valence-corrected chi connectivity index (χ1v) is 6.17. The highest BCUT2D eigenvalue weighted by Gasteiger charge is 2.12. The number of ether oxygens (including phenoxy) is 1. The Balaban J connectivity index is 2.04. The molecule has 96 valence electrons.